The molecule has 1 aliphatic rings. The summed E-state index contributed by atoms with van der Waals surface area (Å²) >= 11 is 4.54. The summed E-state index contributed by atoms with van der Waals surface area (Å²) < 4.78 is 0.803. The minimum Gasteiger partial charge on any atom is -0.300 e. The first-order valence-electron chi connectivity index (χ1n) is 8.22. The van der Waals surface area contributed by atoms with Crippen molar-refractivity contribution < 1.29 is 4.79 Å². The molecule has 1 atom stereocenters. The molecule has 5 nitrogen and oxygen atoms in total. The molecule has 0 spiro atoms. The predicted octanol–water partition coefficient (Wildman–Crippen LogP) is 4.36. The zero-order valence-corrected chi connectivity index (χ0v) is 16.5. The van der Waals surface area contributed by atoms with E-state index in [2.05, 4.69) is 33.7 Å². The minimum atomic E-state index is -0.124. The number of carbonyl (C=O) groups excluding carboxylic acids is 1. The van der Waals surface area contributed by atoms with Crippen LogP contribution in [0.4, 0.5) is 5.13 Å². The number of benzene rings is 2. The van der Waals surface area contributed by atoms with Gasteiger partial charge in [0.25, 0.3) is 0 Å². The lowest BCUT2D eigenvalue weighted by molar-refractivity contribution is -0.115. The molecule has 3 aromatic rings. The molecule has 1 aromatic heterocycles. The lowest BCUT2D eigenvalue weighted by atomic mass is 10.1. The second kappa shape index (κ2) is 8.13. The summed E-state index contributed by atoms with van der Waals surface area (Å²) in [4.78, 5) is 13.7. The van der Waals surface area contributed by atoms with Gasteiger partial charge in [0.1, 0.15) is 0 Å². The number of hydrogen-bond acceptors (Lipinski definition) is 7. The van der Waals surface area contributed by atoms with E-state index in [-0.39, 0.29) is 11.2 Å². The van der Waals surface area contributed by atoms with Crippen molar-refractivity contribution in [2.45, 2.75) is 26.7 Å². The molecule has 1 amide bonds. The molecule has 1 N–H and O–H groups in total. The Morgan fingerprint density at radius 1 is 1.22 bits per heavy atom. The maximum absolute atomic E-state index is 12.5. The van der Waals surface area contributed by atoms with Gasteiger partial charge in [0.2, 0.25) is 11.0 Å². The molecule has 0 fully saturated rings. The second-order valence-electron chi connectivity index (χ2n) is 5.88. The Balaban J connectivity index is 1.31. The summed E-state index contributed by atoms with van der Waals surface area (Å²) in [5.41, 5.74) is 2.98. The van der Waals surface area contributed by atoms with Crippen LogP contribution in [0.2, 0.25) is 0 Å². The Labute approximate surface area is 169 Å². The van der Waals surface area contributed by atoms with E-state index in [1.54, 1.807) is 35.7 Å². The third-order valence-corrected chi connectivity index (χ3v) is 7.38. The number of nitrogens with one attached hydrogen (secondary N) is 1. The number of rotatable bonds is 5. The Morgan fingerprint density at radius 3 is 2.81 bits per heavy atom. The van der Waals surface area contributed by atoms with E-state index < -0.39 is 0 Å². The number of thioether (sulfide) groups is 2. The number of hydrogen-bond donors (Lipinski definition) is 1. The number of aromatic nitrogens is 2. The van der Waals surface area contributed by atoms with Gasteiger partial charge in [-0.1, -0.05) is 53.4 Å². The molecule has 0 saturated carbocycles. The summed E-state index contributed by atoms with van der Waals surface area (Å²) in [5.74, 6) is 0.707. The van der Waals surface area contributed by atoms with Gasteiger partial charge in [0, 0.05) is 10.6 Å². The van der Waals surface area contributed by atoms with Crippen molar-refractivity contribution in [3.05, 3.63) is 65.2 Å². The van der Waals surface area contributed by atoms with E-state index in [9.17, 15) is 4.79 Å². The normalized spacial score (nSPS) is 15.1. The molecular weight excluding hydrogens is 396 g/mol. The molecule has 0 radical (unpaired) electrons. The van der Waals surface area contributed by atoms with Gasteiger partial charge in [-0.25, -0.2) is 0 Å². The third-order valence-electron chi connectivity index (χ3n) is 4.02. The molecule has 1 aliphatic heterocycles. The maximum atomic E-state index is 12.5. The molecule has 0 bridgehead atoms. The topological polar surface area (TPSA) is 78.7 Å². The van der Waals surface area contributed by atoms with E-state index in [1.807, 2.05) is 24.3 Å². The highest BCUT2D eigenvalue weighted by molar-refractivity contribution is 8.01. The van der Waals surface area contributed by atoms with Crippen LogP contribution in [0.5, 0.6) is 0 Å². The molecule has 0 saturated heterocycles. The van der Waals surface area contributed by atoms with Gasteiger partial charge >= 0.3 is 0 Å². The van der Waals surface area contributed by atoms with Gasteiger partial charge in [-0.15, -0.1) is 22.0 Å². The van der Waals surface area contributed by atoms with E-state index >= 15 is 0 Å². The number of nitrogens with zero attached hydrogens (tertiary/aromatic N) is 3. The zero-order chi connectivity index (χ0) is 18.6. The highest BCUT2D eigenvalue weighted by atomic mass is 32.2. The monoisotopic (exact) mass is 410 g/mol. The minimum absolute atomic E-state index is 0.0315. The molecular formula is C19H14N4OS3. The Kier molecular flexibility index (Phi) is 5.43. The Morgan fingerprint density at radius 2 is 2.04 bits per heavy atom. The van der Waals surface area contributed by atoms with Crippen molar-refractivity contribution >= 4 is 45.9 Å². The largest absolute Gasteiger partial charge is 0.300 e. The summed E-state index contributed by atoms with van der Waals surface area (Å²) in [5, 5.41) is 20.3. The van der Waals surface area contributed by atoms with E-state index in [1.165, 1.54) is 21.8 Å². The first-order chi connectivity index (χ1) is 13.2. The van der Waals surface area contributed by atoms with E-state index in [0.29, 0.717) is 10.7 Å². The molecule has 2 aromatic carbocycles. The number of nitriles is 1. The van der Waals surface area contributed by atoms with Crippen LogP contribution in [0, 0.1) is 11.3 Å². The summed E-state index contributed by atoms with van der Waals surface area (Å²) in [6, 6.07) is 17.7. The van der Waals surface area contributed by atoms with Crippen molar-refractivity contribution in [1.29, 1.82) is 5.26 Å². The van der Waals surface area contributed by atoms with Crippen molar-refractivity contribution in [3.8, 4) is 6.07 Å². The van der Waals surface area contributed by atoms with Crippen LogP contribution in [0.15, 0.2) is 57.8 Å². The van der Waals surface area contributed by atoms with Crippen LogP contribution in [-0.4, -0.2) is 21.4 Å². The fraction of sp³-hybridized carbons (Fsp3) is 0.158. The number of anilines is 1. The van der Waals surface area contributed by atoms with Crippen molar-refractivity contribution in [2.24, 2.45) is 0 Å². The second-order valence-corrected chi connectivity index (χ2v) is 9.32. The average molecular weight is 411 g/mol. The SMILES string of the molecule is N#Cc1ccc(CSc2nnc(NC(=O)C3Cc4ccccc4S3)s2)cc1. The predicted molar refractivity (Wildman–Crippen MR) is 109 cm³/mol. The summed E-state index contributed by atoms with van der Waals surface area (Å²) in [6.07, 6.45) is 0.742. The van der Waals surface area contributed by atoms with Crippen molar-refractivity contribution in [1.82, 2.24) is 10.2 Å². The fourth-order valence-corrected chi connectivity index (χ4v) is 5.56. The average Bonchev–Trinajstić information content (AvgIpc) is 3.33. The van der Waals surface area contributed by atoms with Crippen LogP contribution in [-0.2, 0) is 17.0 Å². The number of carbonyl (C=O) groups is 1. The van der Waals surface area contributed by atoms with Crippen LogP contribution >= 0.6 is 34.9 Å². The molecule has 2 heterocycles. The molecule has 0 aliphatic carbocycles. The highest BCUT2D eigenvalue weighted by Gasteiger charge is 2.28. The number of amides is 1. The maximum Gasteiger partial charge on any atom is 0.240 e. The third kappa shape index (κ3) is 4.33. The van der Waals surface area contributed by atoms with Crippen molar-refractivity contribution in [2.75, 3.05) is 5.32 Å². The van der Waals surface area contributed by atoms with E-state index in [4.69, 9.17) is 5.26 Å². The highest BCUT2D eigenvalue weighted by Crippen LogP contribution is 2.37. The molecule has 4 rings (SSSR count). The molecule has 8 heteroatoms. The lowest BCUT2D eigenvalue weighted by Gasteiger charge is -2.06. The zero-order valence-electron chi connectivity index (χ0n) is 14.1. The summed E-state index contributed by atoms with van der Waals surface area (Å²) in [6.45, 7) is 0. The van der Waals surface area contributed by atoms with Gasteiger partial charge < -0.3 is 0 Å². The summed E-state index contributed by atoms with van der Waals surface area (Å²) in [7, 11) is 0. The van der Waals surface area contributed by atoms with Crippen LogP contribution in [0.25, 0.3) is 0 Å². The first-order valence-corrected chi connectivity index (χ1v) is 10.9. The van der Waals surface area contributed by atoms with Gasteiger partial charge in [0.15, 0.2) is 4.34 Å². The Hall–Kier alpha value is -2.34. The Bertz CT molecular complexity index is 985. The van der Waals surface area contributed by atoms with Gasteiger partial charge in [-0.05, 0) is 35.7 Å². The first kappa shape index (κ1) is 18.0. The fourth-order valence-electron chi connectivity index (χ4n) is 2.65. The standard InChI is InChI=1S/C19H14N4OS3/c20-10-12-5-7-13(8-6-12)11-25-19-23-22-18(27-19)21-17(24)16-9-14-3-1-2-4-15(14)26-16/h1-8,16H,9,11H2,(H,21,22,24). The van der Waals surface area contributed by atoms with Crippen LogP contribution in [0.3, 0.4) is 0 Å². The van der Waals surface area contributed by atoms with E-state index in [0.717, 1.165) is 22.1 Å². The van der Waals surface area contributed by atoms with Crippen LogP contribution in [0.1, 0.15) is 16.7 Å². The van der Waals surface area contributed by atoms with Gasteiger partial charge in [-0.3, -0.25) is 10.1 Å². The van der Waals surface area contributed by atoms with Gasteiger partial charge in [0.05, 0.1) is 16.9 Å². The van der Waals surface area contributed by atoms with Crippen molar-refractivity contribution in [3.63, 3.8) is 0 Å². The quantitative estimate of drug-likeness (QED) is 0.497. The van der Waals surface area contributed by atoms with Crippen LogP contribution < -0.4 is 5.32 Å². The number of fused-ring (bicyclic) bond motifs is 1. The molecule has 1 unspecified atom stereocenters. The smallest absolute Gasteiger partial charge is 0.240 e. The van der Waals surface area contributed by atoms with Gasteiger partial charge in [-0.2, -0.15) is 5.26 Å². The molecule has 134 valence electrons. The lowest BCUT2D eigenvalue weighted by Crippen LogP contribution is -2.24. The molecule has 27 heavy (non-hydrogen) atoms.